The zero-order valence-electron chi connectivity index (χ0n) is 16.8. The molecule has 0 aliphatic heterocycles. The summed E-state index contributed by atoms with van der Waals surface area (Å²) in [6, 6.07) is 8.36. The normalized spacial score (nSPS) is 12.0. The van der Waals surface area contributed by atoms with Gasteiger partial charge in [-0.25, -0.2) is 14.6 Å². The lowest BCUT2D eigenvalue weighted by Crippen LogP contribution is -2.48. The zero-order chi connectivity index (χ0) is 20.8. The van der Waals surface area contributed by atoms with Crippen LogP contribution in [0.2, 0.25) is 0 Å². The molecule has 2 amide bonds. The lowest BCUT2D eigenvalue weighted by atomic mass is 10.2. The molecular formula is C19H26N4O4. The molecule has 0 aromatic heterocycles. The molecule has 1 rings (SSSR count). The van der Waals surface area contributed by atoms with Crippen molar-refractivity contribution >= 4 is 23.8 Å². The van der Waals surface area contributed by atoms with E-state index in [9.17, 15) is 9.59 Å². The maximum atomic E-state index is 12.3. The number of guanidine groups is 1. The summed E-state index contributed by atoms with van der Waals surface area (Å²) in [5.74, 6) is -0.0665. The Kier molecular flexibility index (Phi) is 6.94. The molecule has 0 fully saturated rings. The first-order chi connectivity index (χ1) is 12.3. The van der Waals surface area contributed by atoms with Gasteiger partial charge in [0, 0.05) is 7.05 Å². The number of benzene rings is 1. The number of ether oxygens (including phenoxy) is 2. The molecule has 8 heteroatoms. The lowest BCUT2D eigenvalue weighted by Gasteiger charge is -2.26. The van der Waals surface area contributed by atoms with Crippen molar-refractivity contribution in [1.82, 2.24) is 10.2 Å². The van der Waals surface area contributed by atoms with Crippen LogP contribution in [-0.2, 0) is 9.47 Å². The van der Waals surface area contributed by atoms with E-state index in [-0.39, 0.29) is 5.96 Å². The lowest BCUT2D eigenvalue weighted by molar-refractivity contribution is 0.0391. The van der Waals surface area contributed by atoms with E-state index in [0.717, 1.165) is 4.90 Å². The summed E-state index contributed by atoms with van der Waals surface area (Å²) in [6.45, 7) is 10.4. The first-order valence-electron chi connectivity index (χ1n) is 8.36. The second-order valence-corrected chi connectivity index (χ2v) is 7.76. The van der Waals surface area contributed by atoms with E-state index in [1.807, 2.05) is 6.07 Å². The number of aliphatic imine (C=N–C) groups is 1. The SMILES string of the molecule is CN(C(=O)OC(C)(C)C)C(=Nc1ccc(C#N)cc1)NC(=O)OC(C)(C)C. The number of nitrogens with one attached hydrogen (secondary N) is 1. The standard InChI is InChI=1S/C19H26N4O4/c1-18(2,3)26-16(24)22-15(23(7)17(25)27-19(4,5)6)21-14-10-8-13(12-20)9-11-14/h8-11H,1-7H3,(H,21,22,24). The van der Waals surface area contributed by atoms with Crippen molar-refractivity contribution in [2.45, 2.75) is 52.7 Å². The number of hydrogen-bond acceptors (Lipinski definition) is 6. The molecule has 0 aliphatic rings. The number of carbonyl (C=O) groups excluding carboxylic acids is 2. The second kappa shape index (κ2) is 8.54. The minimum absolute atomic E-state index is 0.0665. The predicted octanol–water partition coefficient (Wildman–Crippen LogP) is 3.94. The number of rotatable bonds is 1. The zero-order valence-corrected chi connectivity index (χ0v) is 16.8. The summed E-state index contributed by atoms with van der Waals surface area (Å²) < 4.78 is 10.5. The van der Waals surface area contributed by atoms with Gasteiger partial charge < -0.3 is 9.47 Å². The van der Waals surface area contributed by atoms with Crippen molar-refractivity contribution in [3.8, 4) is 6.07 Å². The Morgan fingerprint density at radius 2 is 1.56 bits per heavy atom. The van der Waals surface area contributed by atoms with Crippen LogP contribution in [0.25, 0.3) is 0 Å². The number of alkyl carbamates (subject to hydrolysis) is 1. The molecule has 1 aromatic rings. The maximum absolute atomic E-state index is 12.3. The highest BCUT2D eigenvalue weighted by Crippen LogP contribution is 2.15. The van der Waals surface area contributed by atoms with Crippen LogP contribution in [0.15, 0.2) is 29.3 Å². The van der Waals surface area contributed by atoms with Crippen molar-refractivity contribution in [1.29, 1.82) is 5.26 Å². The van der Waals surface area contributed by atoms with Crippen LogP contribution < -0.4 is 5.32 Å². The summed E-state index contributed by atoms with van der Waals surface area (Å²) in [7, 11) is 1.42. The molecule has 0 spiro atoms. The van der Waals surface area contributed by atoms with Crippen molar-refractivity contribution in [2.24, 2.45) is 4.99 Å². The van der Waals surface area contributed by atoms with Gasteiger partial charge in [0.25, 0.3) is 0 Å². The van der Waals surface area contributed by atoms with Crippen LogP contribution in [0.1, 0.15) is 47.1 Å². The highest BCUT2D eigenvalue weighted by atomic mass is 16.6. The van der Waals surface area contributed by atoms with E-state index in [0.29, 0.717) is 11.3 Å². The average molecular weight is 374 g/mol. The van der Waals surface area contributed by atoms with Gasteiger partial charge in [0.1, 0.15) is 11.2 Å². The van der Waals surface area contributed by atoms with Crippen LogP contribution in [0, 0.1) is 11.3 Å². The van der Waals surface area contributed by atoms with E-state index >= 15 is 0 Å². The van der Waals surface area contributed by atoms with Gasteiger partial charge in [0.2, 0.25) is 5.96 Å². The van der Waals surface area contributed by atoms with Gasteiger partial charge in [-0.2, -0.15) is 5.26 Å². The fourth-order valence-electron chi connectivity index (χ4n) is 1.73. The van der Waals surface area contributed by atoms with Crippen LogP contribution in [0.3, 0.4) is 0 Å². The molecule has 0 saturated heterocycles. The highest BCUT2D eigenvalue weighted by molar-refractivity contribution is 6.02. The molecule has 0 aliphatic carbocycles. The van der Waals surface area contributed by atoms with Crippen molar-refractivity contribution < 1.29 is 19.1 Å². The van der Waals surface area contributed by atoms with Gasteiger partial charge in [0.15, 0.2) is 0 Å². The van der Waals surface area contributed by atoms with E-state index in [1.54, 1.807) is 65.8 Å². The van der Waals surface area contributed by atoms with Crippen LogP contribution in [-0.4, -0.2) is 41.3 Å². The van der Waals surface area contributed by atoms with E-state index in [2.05, 4.69) is 10.3 Å². The molecule has 27 heavy (non-hydrogen) atoms. The number of nitriles is 1. The summed E-state index contributed by atoms with van der Waals surface area (Å²) in [5.41, 5.74) is -0.517. The third-order valence-corrected chi connectivity index (χ3v) is 2.83. The maximum Gasteiger partial charge on any atom is 0.416 e. The van der Waals surface area contributed by atoms with Crippen LogP contribution >= 0.6 is 0 Å². The largest absolute Gasteiger partial charge is 0.444 e. The molecule has 1 aromatic carbocycles. The van der Waals surface area contributed by atoms with Gasteiger partial charge >= 0.3 is 12.2 Å². The van der Waals surface area contributed by atoms with Crippen LogP contribution in [0.5, 0.6) is 0 Å². The molecule has 1 N–H and O–H groups in total. The van der Waals surface area contributed by atoms with E-state index in [1.165, 1.54) is 7.05 Å². The molecule has 0 unspecified atom stereocenters. The van der Waals surface area contributed by atoms with Gasteiger partial charge in [0.05, 0.1) is 17.3 Å². The van der Waals surface area contributed by atoms with Crippen molar-refractivity contribution in [2.75, 3.05) is 7.05 Å². The number of nitrogens with zero attached hydrogens (tertiary/aromatic N) is 3. The summed E-state index contributed by atoms with van der Waals surface area (Å²) in [4.78, 5) is 29.8. The fraction of sp³-hybridized carbons (Fsp3) is 0.474. The van der Waals surface area contributed by atoms with Crippen molar-refractivity contribution in [3.05, 3.63) is 29.8 Å². The second-order valence-electron chi connectivity index (χ2n) is 7.76. The first-order valence-corrected chi connectivity index (χ1v) is 8.36. The molecule has 0 heterocycles. The fourth-order valence-corrected chi connectivity index (χ4v) is 1.73. The Bertz CT molecular complexity index is 750. The molecule has 146 valence electrons. The quantitative estimate of drug-likeness (QED) is 0.592. The third kappa shape index (κ3) is 8.23. The summed E-state index contributed by atoms with van der Waals surface area (Å²) in [5, 5.41) is 11.3. The molecule has 8 nitrogen and oxygen atoms in total. The topological polar surface area (TPSA) is 104 Å². The Morgan fingerprint density at radius 1 is 1.04 bits per heavy atom. The monoisotopic (exact) mass is 374 g/mol. The molecule has 0 bridgehead atoms. The van der Waals surface area contributed by atoms with E-state index in [4.69, 9.17) is 14.7 Å². The summed E-state index contributed by atoms with van der Waals surface area (Å²) >= 11 is 0. The minimum Gasteiger partial charge on any atom is -0.444 e. The van der Waals surface area contributed by atoms with Crippen molar-refractivity contribution in [3.63, 3.8) is 0 Å². The average Bonchev–Trinajstić information content (AvgIpc) is 2.50. The van der Waals surface area contributed by atoms with Gasteiger partial charge in [-0.3, -0.25) is 10.2 Å². The molecular weight excluding hydrogens is 348 g/mol. The predicted molar refractivity (Wildman–Crippen MR) is 102 cm³/mol. The van der Waals surface area contributed by atoms with Crippen LogP contribution in [0.4, 0.5) is 15.3 Å². The summed E-state index contributed by atoms with van der Waals surface area (Å²) in [6.07, 6.45) is -1.45. The molecule has 0 saturated carbocycles. The number of hydrogen-bond donors (Lipinski definition) is 1. The molecule has 0 atom stereocenters. The molecule has 0 radical (unpaired) electrons. The Labute approximate surface area is 159 Å². The van der Waals surface area contributed by atoms with Gasteiger partial charge in [-0.15, -0.1) is 0 Å². The van der Waals surface area contributed by atoms with E-state index < -0.39 is 23.4 Å². The van der Waals surface area contributed by atoms with Gasteiger partial charge in [-0.05, 0) is 65.8 Å². The third-order valence-electron chi connectivity index (χ3n) is 2.83. The minimum atomic E-state index is -0.759. The number of amides is 2. The smallest absolute Gasteiger partial charge is 0.416 e. The Morgan fingerprint density at radius 3 is 2.00 bits per heavy atom. The number of carbonyl (C=O) groups is 2. The highest BCUT2D eigenvalue weighted by Gasteiger charge is 2.25. The van der Waals surface area contributed by atoms with Gasteiger partial charge in [-0.1, -0.05) is 0 Å². The Balaban J connectivity index is 3.14. The first kappa shape index (κ1) is 22.0. The Hall–Kier alpha value is -3.08.